The number of nitrogens with two attached hydrogens (primary N) is 1. The Morgan fingerprint density at radius 2 is 2.00 bits per heavy atom. The van der Waals surface area contributed by atoms with Gasteiger partial charge in [-0.1, -0.05) is 6.07 Å². The van der Waals surface area contributed by atoms with Gasteiger partial charge in [0.2, 0.25) is 5.91 Å². The molecule has 3 rings (SSSR count). The van der Waals surface area contributed by atoms with Crippen molar-refractivity contribution in [2.24, 2.45) is 5.73 Å². The van der Waals surface area contributed by atoms with Crippen molar-refractivity contribution >= 4 is 17.5 Å². The third-order valence-electron chi connectivity index (χ3n) is 4.60. The highest BCUT2D eigenvalue weighted by atomic mass is 16.2. The monoisotopic (exact) mass is 301 g/mol. The SMILES string of the molecule is NC1CCC(NC(=O)c2cccc(N3CCCC3=O)c2)CC1. The fourth-order valence-corrected chi connectivity index (χ4v) is 3.27. The standard InChI is InChI=1S/C17H23N3O2/c18-13-6-8-14(9-7-13)19-17(22)12-3-1-4-15(11-12)20-10-2-5-16(20)21/h1,3-4,11,13-14H,2,5-10,18H2,(H,19,22). The second-order valence-electron chi connectivity index (χ2n) is 6.28. The van der Waals surface area contributed by atoms with E-state index in [1.54, 1.807) is 11.0 Å². The molecule has 0 atom stereocenters. The summed E-state index contributed by atoms with van der Waals surface area (Å²) in [5.41, 5.74) is 7.33. The third-order valence-corrected chi connectivity index (χ3v) is 4.60. The van der Waals surface area contributed by atoms with Crippen LogP contribution >= 0.6 is 0 Å². The lowest BCUT2D eigenvalue weighted by molar-refractivity contribution is -0.117. The lowest BCUT2D eigenvalue weighted by Crippen LogP contribution is -2.40. The summed E-state index contributed by atoms with van der Waals surface area (Å²) in [4.78, 5) is 26.0. The van der Waals surface area contributed by atoms with Crippen molar-refractivity contribution in [2.45, 2.75) is 50.6 Å². The first-order chi connectivity index (χ1) is 10.6. The largest absolute Gasteiger partial charge is 0.349 e. The van der Waals surface area contributed by atoms with E-state index in [4.69, 9.17) is 5.73 Å². The van der Waals surface area contributed by atoms with Crippen molar-refractivity contribution in [3.63, 3.8) is 0 Å². The van der Waals surface area contributed by atoms with E-state index < -0.39 is 0 Å². The third kappa shape index (κ3) is 3.30. The van der Waals surface area contributed by atoms with E-state index >= 15 is 0 Å². The van der Waals surface area contributed by atoms with Crippen LogP contribution in [0.3, 0.4) is 0 Å². The number of hydrogen-bond acceptors (Lipinski definition) is 3. The van der Waals surface area contributed by atoms with Crippen LogP contribution in [0.1, 0.15) is 48.9 Å². The summed E-state index contributed by atoms with van der Waals surface area (Å²) in [5, 5.41) is 3.09. The maximum absolute atomic E-state index is 12.4. The van der Waals surface area contributed by atoms with E-state index in [1.165, 1.54) is 0 Å². The number of carbonyl (C=O) groups excluding carboxylic acids is 2. The van der Waals surface area contributed by atoms with Gasteiger partial charge in [-0.3, -0.25) is 9.59 Å². The molecule has 1 aliphatic heterocycles. The Morgan fingerprint density at radius 3 is 2.68 bits per heavy atom. The molecule has 0 bridgehead atoms. The van der Waals surface area contributed by atoms with Gasteiger partial charge in [-0.15, -0.1) is 0 Å². The Hall–Kier alpha value is -1.88. The van der Waals surface area contributed by atoms with Crippen molar-refractivity contribution in [3.8, 4) is 0 Å². The van der Waals surface area contributed by atoms with Crippen molar-refractivity contribution < 1.29 is 9.59 Å². The molecule has 5 nitrogen and oxygen atoms in total. The first-order valence-electron chi connectivity index (χ1n) is 8.10. The van der Waals surface area contributed by atoms with Gasteiger partial charge in [0, 0.05) is 36.3 Å². The number of amides is 2. The predicted octanol–water partition coefficient (Wildman–Crippen LogP) is 1.81. The molecular weight excluding hydrogens is 278 g/mol. The number of hydrogen-bond donors (Lipinski definition) is 2. The number of nitrogens with zero attached hydrogens (tertiary/aromatic N) is 1. The maximum Gasteiger partial charge on any atom is 0.251 e. The minimum atomic E-state index is -0.0611. The van der Waals surface area contributed by atoms with Crippen LogP contribution in [0.25, 0.3) is 0 Å². The van der Waals surface area contributed by atoms with Crippen LogP contribution in [-0.4, -0.2) is 30.4 Å². The van der Waals surface area contributed by atoms with Gasteiger partial charge < -0.3 is 16.0 Å². The average Bonchev–Trinajstić information content (AvgIpc) is 2.96. The molecule has 3 N–H and O–H groups in total. The predicted molar refractivity (Wildman–Crippen MR) is 85.7 cm³/mol. The Morgan fingerprint density at radius 1 is 1.23 bits per heavy atom. The molecule has 1 saturated heterocycles. The normalized spacial score (nSPS) is 25.3. The molecule has 2 aliphatic rings. The quantitative estimate of drug-likeness (QED) is 0.894. The zero-order valence-electron chi connectivity index (χ0n) is 12.8. The zero-order chi connectivity index (χ0) is 15.5. The highest BCUT2D eigenvalue weighted by Gasteiger charge is 2.23. The van der Waals surface area contributed by atoms with Gasteiger partial charge >= 0.3 is 0 Å². The first kappa shape index (κ1) is 15.0. The molecule has 1 aromatic rings. The fraction of sp³-hybridized carbons (Fsp3) is 0.529. The number of anilines is 1. The van der Waals surface area contributed by atoms with E-state index in [9.17, 15) is 9.59 Å². The smallest absolute Gasteiger partial charge is 0.251 e. The number of benzene rings is 1. The average molecular weight is 301 g/mol. The molecule has 1 saturated carbocycles. The highest BCUT2D eigenvalue weighted by molar-refractivity contribution is 5.99. The molecule has 118 valence electrons. The summed E-state index contributed by atoms with van der Waals surface area (Å²) in [6.45, 7) is 0.740. The molecule has 22 heavy (non-hydrogen) atoms. The molecule has 2 amide bonds. The van der Waals surface area contributed by atoms with Gasteiger partial charge in [0.1, 0.15) is 0 Å². The highest BCUT2D eigenvalue weighted by Crippen LogP contribution is 2.23. The fourth-order valence-electron chi connectivity index (χ4n) is 3.27. The molecule has 1 aliphatic carbocycles. The van der Waals surface area contributed by atoms with Gasteiger partial charge in [-0.25, -0.2) is 0 Å². The lowest BCUT2D eigenvalue weighted by atomic mass is 9.91. The minimum absolute atomic E-state index is 0.0611. The number of carbonyl (C=O) groups is 2. The van der Waals surface area contributed by atoms with E-state index in [1.807, 2.05) is 18.2 Å². The van der Waals surface area contributed by atoms with E-state index in [0.29, 0.717) is 12.0 Å². The molecule has 1 heterocycles. The van der Waals surface area contributed by atoms with Crippen molar-refractivity contribution in [1.29, 1.82) is 0 Å². The zero-order valence-corrected chi connectivity index (χ0v) is 12.8. The van der Waals surface area contributed by atoms with Crippen LogP contribution in [0, 0.1) is 0 Å². The second-order valence-corrected chi connectivity index (χ2v) is 6.28. The van der Waals surface area contributed by atoms with Crippen LogP contribution in [0.5, 0.6) is 0 Å². The Labute approximate surface area is 130 Å². The molecule has 2 fully saturated rings. The number of rotatable bonds is 3. The van der Waals surface area contributed by atoms with Gasteiger partial charge in [0.15, 0.2) is 0 Å². The summed E-state index contributed by atoms with van der Waals surface area (Å²) in [5.74, 6) is 0.0767. The molecule has 0 unspecified atom stereocenters. The molecule has 0 radical (unpaired) electrons. The van der Waals surface area contributed by atoms with Crippen LogP contribution in [0.2, 0.25) is 0 Å². The van der Waals surface area contributed by atoms with Crippen molar-refractivity contribution in [1.82, 2.24) is 5.32 Å². The van der Waals surface area contributed by atoms with E-state index in [2.05, 4.69) is 5.32 Å². The molecule has 0 aromatic heterocycles. The van der Waals surface area contributed by atoms with Gasteiger partial charge in [0.25, 0.3) is 5.91 Å². The molecular formula is C17H23N3O2. The van der Waals surface area contributed by atoms with Crippen LogP contribution < -0.4 is 16.0 Å². The van der Waals surface area contributed by atoms with E-state index in [0.717, 1.165) is 44.3 Å². The molecule has 1 aromatic carbocycles. The van der Waals surface area contributed by atoms with Gasteiger partial charge in [0.05, 0.1) is 0 Å². The number of nitrogens with one attached hydrogen (secondary N) is 1. The second kappa shape index (κ2) is 6.48. The molecule has 5 heteroatoms. The Kier molecular flexibility index (Phi) is 4.43. The minimum Gasteiger partial charge on any atom is -0.349 e. The van der Waals surface area contributed by atoms with Crippen LogP contribution in [-0.2, 0) is 4.79 Å². The first-order valence-corrected chi connectivity index (χ1v) is 8.10. The van der Waals surface area contributed by atoms with E-state index in [-0.39, 0.29) is 23.9 Å². The summed E-state index contributed by atoms with van der Waals surface area (Å²) in [6.07, 6.45) is 5.30. The Bertz CT molecular complexity index is 565. The molecule has 0 spiro atoms. The lowest BCUT2D eigenvalue weighted by Gasteiger charge is -2.27. The Balaban J connectivity index is 1.66. The van der Waals surface area contributed by atoms with Crippen molar-refractivity contribution in [3.05, 3.63) is 29.8 Å². The summed E-state index contributed by atoms with van der Waals surface area (Å²) < 4.78 is 0. The van der Waals surface area contributed by atoms with Crippen molar-refractivity contribution in [2.75, 3.05) is 11.4 Å². The summed E-state index contributed by atoms with van der Waals surface area (Å²) in [7, 11) is 0. The van der Waals surface area contributed by atoms with Crippen LogP contribution in [0.15, 0.2) is 24.3 Å². The topological polar surface area (TPSA) is 75.4 Å². The van der Waals surface area contributed by atoms with Gasteiger partial charge in [-0.05, 0) is 50.3 Å². The maximum atomic E-state index is 12.4. The summed E-state index contributed by atoms with van der Waals surface area (Å²) in [6, 6.07) is 7.83. The van der Waals surface area contributed by atoms with Crippen LogP contribution in [0.4, 0.5) is 5.69 Å². The summed E-state index contributed by atoms with van der Waals surface area (Å²) >= 11 is 0. The van der Waals surface area contributed by atoms with Gasteiger partial charge in [-0.2, -0.15) is 0 Å².